The number of nitrogens with zero attached hydrogens (tertiary/aromatic N) is 1. The molecule has 0 amide bonds. The van der Waals surface area contributed by atoms with Gasteiger partial charge in [0.25, 0.3) is 0 Å². The van der Waals surface area contributed by atoms with Crippen molar-refractivity contribution in [3.05, 3.63) is 23.3 Å². The molecule has 4 heteroatoms. The molecule has 60 valence electrons. The van der Waals surface area contributed by atoms with Crippen molar-refractivity contribution in [3.63, 3.8) is 0 Å². The van der Waals surface area contributed by atoms with Crippen LogP contribution < -0.4 is 0 Å². The van der Waals surface area contributed by atoms with Gasteiger partial charge in [-0.2, -0.15) is 4.39 Å². The monoisotopic (exact) mass is 157 g/mol. The topological polar surface area (TPSA) is 42.2 Å². The van der Waals surface area contributed by atoms with E-state index in [0.717, 1.165) is 4.57 Å². The van der Waals surface area contributed by atoms with Crippen LogP contribution in [0.5, 0.6) is 0 Å². The van der Waals surface area contributed by atoms with E-state index in [1.807, 2.05) is 0 Å². The van der Waals surface area contributed by atoms with Gasteiger partial charge >= 0.3 is 5.97 Å². The molecule has 0 fully saturated rings. The summed E-state index contributed by atoms with van der Waals surface area (Å²) in [5.41, 5.74) is 0.199. The van der Waals surface area contributed by atoms with E-state index in [9.17, 15) is 9.18 Å². The summed E-state index contributed by atoms with van der Waals surface area (Å²) in [4.78, 5) is 10.4. The van der Waals surface area contributed by atoms with Crippen LogP contribution in [0.3, 0.4) is 0 Å². The second-order valence-corrected chi connectivity index (χ2v) is 2.39. The van der Waals surface area contributed by atoms with E-state index in [2.05, 4.69) is 0 Å². The molecular formula is C7H8FNO2. The number of rotatable bonds is 1. The minimum atomic E-state index is -1.22. The summed E-state index contributed by atoms with van der Waals surface area (Å²) >= 11 is 0. The molecule has 11 heavy (non-hydrogen) atoms. The highest BCUT2D eigenvalue weighted by Crippen LogP contribution is 2.13. The molecule has 3 nitrogen and oxygen atoms in total. The van der Waals surface area contributed by atoms with Crippen molar-refractivity contribution in [1.82, 2.24) is 4.57 Å². The lowest BCUT2D eigenvalue weighted by Crippen LogP contribution is -2.01. The maximum absolute atomic E-state index is 12.9. The third-order valence-electron chi connectivity index (χ3n) is 1.51. The van der Waals surface area contributed by atoms with Gasteiger partial charge in [-0.05, 0) is 12.5 Å². The average Bonchev–Trinajstić information content (AvgIpc) is 2.07. The molecule has 1 N–H and O–H groups in total. The Morgan fingerprint density at radius 2 is 2.27 bits per heavy atom. The van der Waals surface area contributed by atoms with Crippen LogP contribution in [0.2, 0.25) is 0 Å². The SMILES string of the molecule is Cc1cn(C)c(F)c1C(=O)O. The Morgan fingerprint density at radius 1 is 1.73 bits per heavy atom. The summed E-state index contributed by atoms with van der Waals surface area (Å²) in [6.45, 7) is 1.56. The predicted octanol–water partition coefficient (Wildman–Crippen LogP) is 1.17. The highest BCUT2D eigenvalue weighted by Gasteiger charge is 2.16. The van der Waals surface area contributed by atoms with E-state index >= 15 is 0 Å². The zero-order valence-corrected chi connectivity index (χ0v) is 6.26. The standard InChI is InChI=1S/C7H8FNO2/c1-4-3-9(2)6(8)5(4)7(10)11/h3H,1-2H3,(H,10,11). The van der Waals surface area contributed by atoms with Gasteiger partial charge in [0.15, 0.2) is 0 Å². The second kappa shape index (κ2) is 2.38. The Kier molecular flexibility index (Phi) is 1.68. The van der Waals surface area contributed by atoms with Gasteiger partial charge in [0, 0.05) is 13.2 Å². The largest absolute Gasteiger partial charge is 0.478 e. The Labute approximate surface area is 63.1 Å². The number of carboxylic acid groups (broad SMARTS) is 1. The van der Waals surface area contributed by atoms with Crippen LogP contribution in [0.4, 0.5) is 4.39 Å². The van der Waals surface area contributed by atoms with E-state index in [-0.39, 0.29) is 5.56 Å². The summed E-state index contributed by atoms with van der Waals surface area (Å²) in [7, 11) is 1.47. The van der Waals surface area contributed by atoms with Gasteiger partial charge in [0.1, 0.15) is 5.56 Å². The van der Waals surface area contributed by atoms with Crippen LogP contribution in [0.15, 0.2) is 6.20 Å². The molecular weight excluding hydrogens is 149 g/mol. The lowest BCUT2D eigenvalue weighted by molar-refractivity contribution is 0.0690. The van der Waals surface area contributed by atoms with Crippen LogP contribution in [-0.2, 0) is 7.05 Å². The third-order valence-corrected chi connectivity index (χ3v) is 1.51. The lowest BCUT2D eigenvalue weighted by atomic mass is 10.2. The molecule has 1 aromatic rings. The van der Waals surface area contributed by atoms with Crippen LogP contribution in [0.25, 0.3) is 0 Å². The molecule has 0 bridgehead atoms. The van der Waals surface area contributed by atoms with Crippen LogP contribution >= 0.6 is 0 Å². The molecule has 0 unspecified atom stereocenters. The molecule has 0 saturated heterocycles. The minimum Gasteiger partial charge on any atom is -0.478 e. The van der Waals surface area contributed by atoms with Gasteiger partial charge in [0.2, 0.25) is 5.95 Å². The minimum absolute atomic E-state index is 0.243. The normalized spacial score (nSPS) is 10.1. The van der Waals surface area contributed by atoms with Crippen molar-refractivity contribution in [2.24, 2.45) is 7.05 Å². The number of carboxylic acids is 1. The van der Waals surface area contributed by atoms with Crippen molar-refractivity contribution < 1.29 is 14.3 Å². The van der Waals surface area contributed by atoms with Crippen molar-refractivity contribution in [2.45, 2.75) is 6.92 Å². The number of aromatic carboxylic acids is 1. The number of carbonyl (C=O) groups is 1. The van der Waals surface area contributed by atoms with Gasteiger partial charge in [0.05, 0.1) is 0 Å². The fourth-order valence-corrected chi connectivity index (χ4v) is 1.01. The van der Waals surface area contributed by atoms with Gasteiger partial charge in [-0.1, -0.05) is 0 Å². The summed E-state index contributed by atoms with van der Waals surface area (Å²) < 4.78 is 14.0. The van der Waals surface area contributed by atoms with E-state index in [0.29, 0.717) is 5.56 Å². The number of hydrogen-bond donors (Lipinski definition) is 1. The summed E-state index contributed by atoms with van der Waals surface area (Å²) in [5.74, 6) is -1.92. The smallest absolute Gasteiger partial charge is 0.340 e. The van der Waals surface area contributed by atoms with Gasteiger partial charge in [-0.15, -0.1) is 0 Å². The first-order chi connectivity index (χ1) is 5.04. The Balaban J connectivity index is 3.34. The van der Waals surface area contributed by atoms with Crippen LogP contribution in [0.1, 0.15) is 15.9 Å². The summed E-state index contributed by atoms with van der Waals surface area (Å²) in [6.07, 6.45) is 1.44. The molecule has 0 aliphatic heterocycles. The maximum Gasteiger partial charge on any atom is 0.340 e. The second-order valence-electron chi connectivity index (χ2n) is 2.39. The third kappa shape index (κ3) is 1.11. The Morgan fingerprint density at radius 3 is 2.45 bits per heavy atom. The number of hydrogen-bond acceptors (Lipinski definition) is 1. The van der Waals surface area contributed by atoms with Crippen molar-refractivity contribution >= 4 is 5.97 Å². The molecule has 0 aliphatic carbocycles. The fraction of sp³-hybridized carbons (Fsp3) is 0.286. The quantitative estimate of drug-likeness (QED) is 0.664. The first-order valence-electron chi connectivity index (χ1n) is 3.08. The summed E-state index contributed by atoms with van der Waals surface area (Å²) in [6, 6.07) is 0. The zero-order chi connectivity index (χ0) is 8.59. The van der Waals surface area contributed by atoms with E-state index < -0.39 is 11.9 Å². The van der Waals surface area contributed by atoms with Gasteiger partial charge < -0.3 is 9.67 Å². The van der Waals surface area contributed by atoms with Crippen LogP contribution in [-0.4, -0.2) is 15.6 Å². The highest BCUT2D eigenvalue weighted by atomic mass is 19.1. The van der Waals surface area contributed by atoms with E-state index in [1.165, 1.54) is 13.2 Å². The first-order valence-corrected chi connectivity index (χ1v) is 3.08. The maximum atomic E-state index is 12.9. The molecule has 1 rings (SSSR count). The molecule has 0 atom stereocenters. The number of aryl methyl sites for hydroxylation is 2. The number of aromatic nitrogens is 1. The fourth-order valence-electron chi connectivity index (χ4n) is 1.01. The average molecular weight is 157 g/mol. The van der Waals surface area contributed by atoms with Gasteiger partial charge in [-0.25, -0.2) is 4.79 Å². The molecule has 1 aromatic heterocycles. The zero-order valence-electron chi connectivity index (χ0n) is 6.26. The lowest BCUT2D eigenvalue weighted by Gasteiger charge is -1.91. The highest BCUT2D eigenvalue weighted by molar-refractivity contribution is 5.89. The Bertz CT molecular complexity index is 304. The molecule has 0 aliphatic rings. The number of halogens is 1. The molecule has 0 spiro atoms. The van der Waals surface area contributed by atoms with E-state index in [1.54, 1.807) is 6.92 Å². The van der Waals surface area contributed by atoms with E-state index in [4.69, 9.17) is 5.11 Å². The molecule has 0 aromatic carbocycles. The van der Waals surface area contributed by atoms with Crippen LogP contribution in [0, 0.1) is 12.9 Å². The Hall–Kier alpha value is -1.32. The molecule has 1 heterocycles. The van der Waals surface area contributed by atoms with Crippen molar-refractivity contribution in [1.29, 1.82) is 0 Å². The van der Waals surface area contributed by atoms with Crippen molar-refractivity contribution in [3.8, 4) is 0 Å². The molecule has 0 radical (unpaired) electrons. The summed E-state index contributed by atoms with van der Waals surface area (Å²) in [5, 5.41) is 8.51. The first kappa shape index (κ1) is 7.78. The predicted molar refractivity (Wildman–Crippen MR) is 37.1 cm³/mol. The molecule has 0 saturated carbocycles. The van der Waals surface area contributed by atoms with Gasteiger partial charge in [-0.3, -0.25) is 0 Å². The van der Waals surface area contributed by atoms with Crippen molar-refractivity contribution in [2.75, 3.05) is 0 Å².